The molecule has 1 heterocycles. The van der Waals surface area contributed by atoms with Gasteiger partial charge in [-0.3, -0.25) is 0 Å². The average molecular weight is 230 g/mol. The predicted molar refractivity (Wildman–Crippen MR) is 57.0 cm³/mol. The topological polar surface area (TPSA) is 54.0 Å². The Bertz CT molecular complexity index is 261. The maximum Gasteiger partial charge on any atom is 0.508 e. The molecule has 92 valence electrons. The van der Waals surface area contributed by atoms with Crippen molar-refractivity contribution in [1.29, 1.82) is 0 Å². The Balaban J connectivity index is 2.49. The molecule has 0 radical (unpaired) electrons. The van der Waals surface area contributed by atoms with Crippen LogP contribution in [0.4, 0.5) is 4.79 Å². The van der Waals surface area contributed by atoms with Gasteiger partial charge in [-0.15, -0.1) is 0 Å². The van der Waals surface area contributed by atoms with Crippen LogP contribution >= 0.6 is 0 Å². The summed E-state index contributed by atoms with van der Waals surface area (Å²) >= 11 is 0. The van der Waals surface area contributed by atoms with Crippen LogP contribution in [0.15, 0.2) is 12.7 Å². The third-order valence-electron chi connectivity index (χ3n) is 2.12. The SMILES string of the molecule is C=CC(OC(=O)OCC)[C@H]1COC(C)(C)O1. The second kappa shape index (κ2) is 5.32. The van der Waals surface area contributed by atoms with E-state index in [4.69, 9.17) is 14.2 Å². The monoisotopic (exact) mass is 230 g/mol. The lowest BCUT2D eigenvalue weighted by molar-refractivity contribution is -0.149. The molecule has 1 unspecified atom stereocenters. The van der Waals surface area contributed by atoms with Gasteiger partial charge in [0.1, 0.15) is 6.10 Å². The van der Waals surface area contributed by atoms with Gasteiger partial charge in [-0.05, 0) is 26.8 Å². The molecule has 0 N–H and O–H groups in total. The summed E-state index contributed by atoms with van der Waals surface area (Å²) in [7, 11) is 0. The van der Waals surface area contributed by atoms with Gasteiger partial charge in [0, 0.05) is 0 Å². The first-order chi connectivity index (χ1) is 7.48. The zero-order chi connectivity index (χ0) is 12.2. The quantitative estimate of drug-likeness (QED) is 0.545. The molecule has 1 saturated heterocycles. The molecule has 0 aliphatic carbocycles. The highest BCUT2D eigenvalue weighted by Gasteiger charge is 2.38. The normalized spacial score (nSPS) is 24.8. The van der Waals surface area contributed by atoms with Crippen molar-refractivity contribution in [1.82, 2.24) is 0 Å². The lowest BCUT2D eigenvalue weighted by Gasteiger charge is -2.21. The maximum absolute atomic E-state index is 11.1. The van der Waals surface area contributed by atoms with Gasteiger partial charge in [-0.25, -0.2) is 4.79 Å². The van der Waals surface area contributed by atoms with Crippen LogP contribution in [0.5, 0.6) is 0 Å². The molecule has 0 bridgehead atoms. The molecule has 5 heteroatoms. The van der Waals surface area contributed by atoms with Crippen LogP contribution in [-0.2, 0) is 18.9 Å². The van der Waals surface area contributed by atoms with E-state index in [1.165, 1.54) is 6.08 Å². The number of hydrogen-bond acceptors (Lipinski definition) is 5. The van der Waals surface area contributed by atoms with Crippen molar-refractivity contribution in [2.75, 3.05) is 13.2 Å². The summed E-state index contributed by atoms with van der Waals surface area (Å²) in [5.41, 5.74) is 0. The van der Waals surface area contributed by atoms with E-state index in [0.717, 1.165) is 0 Å². The Morgan fingerprint density at radius 1 is 1.69 bits per heavy atom. The summed E-state index contributed by atoms with van der Waals surface area (Å²) in [6.45, 7) is 9.55. The Hall–Kier alpha value is -1.07. The van der Waals surface area contributed by atoms with Crippen molar-refractivity contribution >= 4 is 6.16 Å². The highest BCUT2D eigenvalue weighted by molar-refractivity contribution is 5.60. The second-order valence-corrected chi connectivity index (χ2v) is 3.87. The van der Waals surface area contributed by atoms with Crippen LogP contribution in [0.3, 0.4) is 0 Å². The van der Waals surface area contributed by atoms with Crippen molar-refractivity contribution in [3.63, 3.8) is 0 Å². The van der Waals surface area contributed by atoms with E-state index < -0.39 is 18.0 Å². The summed E-state index contributed by atoms with van der Waals surface area (Å²) < 4.78 is 20.6. The van der Waals surface area contributed by atoms with Gasteiger partial charge >= 0.3 is 6.16 Å². The Labute approximate surface area is 95.3 Å². The van der Waals surface area contributed by atoms with Crippen LogP contribution < -0.4 is 0 Å². The standard InChI is InChI=1S/C11H18O5/c1-5-8(15-10(12)13-6-2)9-7-14-11(3,4)16-9/h5,8-9H,1,6-7H2,2-4H3/t8?,9-/m1/s1. The molecule has 16 heavy (non-hydrogen) atoms. The molecule has 5 nitrogen and oxygen atoms in total. The van der Waals surface area contributed by atoms with Crippen LogP contribution in [0, 0.1) is 0 Å². The van der Waals surface area contributed by atoms with Gasteiger partial charge in [0.15, 0.2) is 11.9 Å². The Kier molecular flexibility index (Phi) is 4.32. The molecule has 0 aromatic carbocycles. The molecule has 0 saturated carbocycles. The van der Waals surface area contributed by atoms with E-state index in [9.17, 15) is 4.79 Å². The van der Waals surface area contributed by atoms with Gasteiger partial charge in [0.25, 0.3) is 0 Å². The van der Waals surface area contributed by atoms with Crippen molar-refractivity contribution in [3.05, 3.63) is 12.7 Å². The number of carbonyl (C=O) groups excluding carboxylic acids is 1. The van der Waals surface area contributed by atoms with Crippen molar-refractivity contribution in [2.24, 2.45) is 0 Å². The van der Waals surface area contributed by atoms with E-state index in [2.05, 4.69) is 11.3 Å². The van der Waals surface area contributed by atoms with Gasteiger partial charge in [0.05, 0.1) is 13.2 Å². The first kappa shape index (κ1) is 13.0. The largest absolute Gasteiger partial charge is 0.508 e. The fourth-order valence-electron chi connectivity index (χ4n) is 1.42. The second-order valence-electron chi connectivity index (χ2n) is 3.87. The lowest BCUT2D eigenvalue weighted by atomic mass is 10.2. The van der Waals surface area contributed by atoms with E-state index >= 15 is 0 Å². The molecule has 1 aliphatic rings. The predicted octanol–water partition coefficient (Wildman–Crippen LogP) is 1.87. The zero-order valence-electron chi connectivity index (χ0n) is 9.89. The van der Waals surface area contributed by atoms with Crippen molar-refractivity contribution in [3.8, 4) is 0 Å². The molecule has 0 aromatic rings. The van der Waals surface area contributed by atoms with Gasteiger partial charge < -0.3 is 18.9 Å². The first-order valence-corrected chi connectivity index (χ1v) is 5.26. The Morgan fingerprint density at radius 2 is 2.38 bits per heavy atom. The van der Waals surface area contributed by atoms with E-state index in [0.29, 0.717) is 6.61 Å². The third-order valence-corrected chi connectivity index (χ3v) is 2.12. The van der Waals surface area contributed by atoms with Crippen molar-refractivity contribution < 1.29 is 23.7 Å². The molecule has 2 atom stereocenters. The lowest BCUT2D eigenvalue weighted by Crippen LogP contribution is -2.33. The van der Waals surface area contributed by atoms with E-state index in [1.54, 1.807) is 20.8 Å². The highest BCUT2D eigenvalue weighted by Crippen LogP contribution is 2.25. The highest BCUT2D eigenvalue weighted by atomic mass is 16.8. The molecule has 1 fully saturated rings. The fourth-order valence-corrected chi connectivity index (χ4v) is 1.42. The molecular weight excluding hydrogens is 212 g/mol. The van der Waals surface area contributed by atoms with Crippen molar-refractivity contribution in [2.45, 2.75) is 38.8 Å². The minimum absolute atomic E-state index is 0.274. The van der Waals surface area contributed by atoms with Crippen LogP contribution in [0.1, 0.15) is 20.8 Å². The summed E-state index contributed by atoms with van der Waals surface area (Å²) in [4.78, 5) is 11.1. The summed E-state index contributed by atoms with van der Waals surface area (Å²) in [6, 6.07) is 0. The summed E-state index contributed by atoms with van der Waals surface area (Å²) in [6.07, 6.45) is -0.106. The number of ether oxygens (including phenoxy) is 4. The summed E-state index contributed by atoms with van der Waals surface area (Å²) in [5.74, 6) is -0.649. The summed E-state index contributed by atoms with van der Waals surface area (Å²) in [5, 5.41) is 0. The number of rotatable bonds is 4. The number of carbonyl (C=O) groups is 1. The molecule has 0 amide bonds. The van der Waals surface area contributed by atoms with E-state index in [-0.39, 0.29) is 12.7 Å². The van der Waals surface area contributed by atoms with Gasteiger partial charge in [0.2, 0.25) is 0 Å². The molecule has 0 spiro atoms. The van der Waals surface area contributed by atoms with Gasteiger partial charge in [-0.2, -0.15) is 0 Å². The zero-order valence-corrected chi connectivity index (χ0v) is 9.89. The minimum atomic E-state index is -0.722. The molecule has 1 rings (SSSR count). The fraction of sp³-hybridized carbons (Fsp3) is 0.727. The molecular formula is C11H18O5. The molecule has 1 aliphatic heterocycles. The smallest absolute Gasteiger partial charge is 0.435 e. The average Bonchev–Trinajstić information content (AvgIpc) is 2.55. The van der Waals surface area contributed by atoms with Crippen LogP contribution in [0.2, 0.25) is 0 Å². The first-order valence-electron chi connectivity index (χ1n) is 5.26. The van der Waals surface area contributed by atoms with Crippen LogP contribution in [0.25, 0.3) is 0 Å². The minimum Gasteiger partial charge on any atom is -0.435 e. The number of hydrogen-bond donors (Lipinski definition) is 0. The Morgan fingerprint density at radius 3 is 2.81 bits per heavy atom. The third kappa shape index (κ3) is 3.50. The van der Waals surface area contributed by atoms with Crippen LogP contribution in [-0.4, -0.2) is 37.4 Å². The van der Waals surface area contributed by atoms with E-state index in [1.807, 2.05) is 0 Å². The van der Waals surface area contributed by atoms with Gasteiger partial charge in [-0.1, -0.05) is 6.58 Å². The maximum atomic E-state index is 11.1. The molecule has 0 aromatic heterocycles.